The third-order valence-electron chi connectivity index (χ3n) is 3.47. The van der Waals surface area contributed by atoms with Crippen molar-refractivity contribution in [3.63, 3.8) is 0 Å². The number of aromatic nitrogens is 1. The van der Waals surface area contributed by atoms with Crippen LogP contribution in [0.1, 0.15) is 0 Å². The van der Waals surface area contributed by atoms with E-state index >= 15 is 0 Å². The summed E-state index contributed by atoms with van der Waals surface area (Å²) in [5, 5.41) is 7.65. The summed E-state index contributed by atoms with van der Waals surface area (Å²) in [6.45, 7) is 0. The standard InChI is InChI=1S/C16H6ClF4NO4/c17-8-3-6(1-2-9(8)18)22-5-11(26-16(24)25)15(23)7-4-10(19)12(20)13(21)14(7)22/h1-5H,(H,24,25). The Balaban J connectivity index is 2.48. The number of hydrogen-bond acceptors (Lipinski definition) is 3. The fraction of sp³-hybridized carbons (Fsp3) is 0. The molecule has 134 valence electrons. The maximum Gasteiger partial charge on any atom is 0.511 e. The van der Waals surface area contributed by atoms with Crippen molar-refractivity contribution in [3.05, 3.63) is 69.0 Å². The molecule has 0 unspecified atom stereocenters. The van der Waals surface area contributed by atoms with Crippen LogP contribution in [0.2, 0.25) is 5.02 Å². The predicted octanol–water partition coefficient (Wildman–Crippen LogP) is 4.26. The number of carboxylic acid groups (broad SMARTS) is 1. The van der Waals surface area contributed by atoms with Gasteiger partial charge < -0.3 is 14.4 Å². The monoisotopic (exact) mass is 387 g/mol. The highest BCUT2D eigenvalue weighted by atomic mass is 35.5. The molecule has 0 fully saturated rings. The highest BCUT2D eigenvalue weighted by molar-refractivity contribution is 6.30. The molecule has 0 aliphatic carbocycles. The molecule has 0 aliphatic heterocycles. The molecule has 0 amide bonds. The predicted molar refractivity (Wildman–Crippen MR) is 83.0 cm³/mol. The van der Waals surface area contributed by atoms with E-state index in [1.54, 1.807) is 0 Å². The van der Waals surface area contributed by atoms with Gasteiger partial charge in [-0.2, -0.15) is 0 Å². The largest absolute Gasteiger partial charge is 0.511 e. The van der Waals surface area contributed by atoms with Gasteiger partial charge in [0.05, 0.1) is 22.1 Å². The van der Waals surface area contributed by atoms with Crippen LogP contribution in [0.3, 0.4) is 0 Å². The molecule has 0 aliphatic rings. The number of fused-ring (bicyclic) bond motifs is 1. The molecule has 0 bridgehead atoms. The number of hydrogen-bond donors (Lipinski definition) is 1. The van der Waals surface area contributed by atoms with Crippen LogP contribution in [0.4, 0.5) is 22.4 Å². The minimum Gasteiger partial charge on any atom is -0.449 e. The molecule has 3 rings (SSSR count). The van der Waals surface area contributed by atoms with Gasteiger partial charge in [-0.1, -0.05) is 11.6 Å². The van der Waals surface area contributed by atoms with Crippen LogP contribution in [-0.2, 0) is 0 Å². The minimum absolute atomic E-state index is 0.0541. The summed E-state index contributed by atoms with van der Waals surface area (Å²) in [6.07, 6.45) is -1.10. The van der Waals surface area contributed by atoms with Crippen molar-refractivity contribution in [3.8, 4) is 11.4 Å². The second-order valence-electron chi connectivity index (χ2n) is 5.04. The zero-order valence-corrected chi connectivity index (χ0v) is 13.2. The number of nitrogens with zero attached hydrogens (tertiary/aromatic N) is 1. The highest BCUT2D eigenvalue weighted by Crippen LogP contribution is 2.28. The first kappa shape index (κ1) is 17.7. The third-order valence-corrected chi connectivity index (χ3v) is 3.76. The van der Waals surface area contributed by atoms with Gasteiger partial charge in [0.1, 0.15) is 5.82 Å². The topological polar surface area (TPSA) is 68.5 Å². The Morgan fingerprint density at radius 3 is 2.38 bits per heavy atom. The van der Waals surface area contributed by atoms with Gasteiger partial charge in [0.25, 0.3) is 0 Å². The number of ether oxygens (including phenoxy) is 1. The SMILES string of the molecule is O=C(O)Oc1cn(-c2ccc(F)c(Cl)c2)c2c(F)c(F)c(F)cc2c1=O. The molecule has 26 heavy (non-hydrogen) atoms. The Kier molecular flexibility index (Phi) is 4.33. The first-order valence-electron chi connectivity index (χ1n) is 6.79. The Morgan fingerprint density at radius 1 is 1.08 bits per heavy atom. The van der Waals surface area contributed by atoms with Crippen LogP contribution in [0.15, 0.2) is 35.3 Å². The van der Waals surface area contributed by atoms with Crippen LogP contribution in [-0.4, -0.2) is 15.8 Å². The first-order chi connectivity index (χ1) is 12.2. The van der Waals surface area contributed by atoms with Crippen LogP contribution in [0.5, 0.6) is 5.75 Å². The fourth-order valence-electron chi connectivity index (χ4n) is 2.37. The van der Waals surface area contributed by atoms with E-state index in [0.29, 0.717) is 6.07 Å². The van der Waals surface area contributed by atoms with E-state index in [4.69, 9.17) is 16.7 Å². The number of pyridine rings is 1. The fourth-order valence-corrected chi connectivity index (χ4v) is 2.55. The van der Waals surface area contributed by atoms with E-state index in [1.165, 1.54) is 0 Å². The Morgan fingerprint density at radius 2 is 1.77 bits per heavy atom. The summed E-state index contributed by atoms with van der Waals surface area (Å²) in [6, 6.07) is 3.45. The van der Waals surface area contributed by atoms with Crippen LogP contribution in [0.25, 0.3) is 16.6 Å². The number of rotatable bonds is 2. The molecule has 1 heterocycles. The van der Waals surface area contributed by atoms with Crippen molar-refractivity contribution in [2.75, 3.05) is 0 Å². The van der Waals surface area contributed by atoms with E-state index in [0.717, 1.165) is 29.0 Å². The smallest absolute Gasteiger partial charge is 0.449 e. The Labute approximate surface area is 146 Å². The van der Waals surface area contributed by atoms with Crippen molar-refractivity contribution in [1.82, 2.24) is 4.57 Å². The average Bonchev–Trinajstić information content (AvgIpc) is 2.57. The summed E-state index contributed by atoms with van der Waals surface area (Å²) in [5.41, 5.74) is -1.93. The minimum atomic E-state index is -1.85. The van der Waals surface area contributed by atoms with Crippen molar-refractivity contribution in [2.45, 2.75) is 0 Å². The van der Waals surface area contributed by atoms with Gasteiger partial charge in [-0.05, 0) is 24.3 Å². The van der Waals surface area contributed by atoms with Crippen molar-refractivity contribution >= 4 is 28.7 Å². The number of benzene rings is 2. The number of carbonyl (C=O) groups is 1. The third kappa shape index (κ3) is 2.86. The molecule has 0 spiro atoms. The van der Waals surface area contributed by atoms with Crippen LogP contribution in [0, 0.1) is 23.3 Å². The molecule has 10 heteroatoms. The van der Waals surface area contributed by atoms with Gasteiger partial charge in [0.15, 0.2) is 23.2 Å². The highest BCUT2D eigenvalue weighted by Gasteiger charge is 2.22. The lowest BCUT2D eigenvalue weighted by Crippen LogP contribution is -2.17. The van der Waals surface area contributed by atoms with Crippen molar-refractivity contribution in [1.29, 1.82) is 0 Å². The van der Waals surface area contributed by atoms with Crippen molar-refractivity contribution in [2.24, 2.45) is 0 Å². The lowest BCUT2D eigenvalue weighted by molar-refractivity contribution is 0.144. The van der Waals surface area contributed by atoms with Gasteiger partial charge in [0, 0.05) is 5.69 Å². The molecular formula is C16H6ClF4NO4. The molecule has 0 saturated heterocycles. The van der Waals surface area contributed by atoms with Gasteiger partial charge in [0.2, 0.25) is 5.43 Å². The van der Waals surface area contributed by atoms with E-state index in [1.807, 2.05) is 0 Å². The summed E-state index contributed by atoms with van der Waals surface area (Å²) in [4.78, 5) is 23.0. The van der Waals surface area contributed by atoms with Crippen molar-refractivity contribution < 1.29 is 32.2 Å². The summed E-state index contributed by atoms with van der Waals surface area (Å²) in [7, 11) is 0. The molecular weight excluding hydrogens is 382 g/mol. The molecule has 2 aromatic carbocycles. The average molecular weight is 388 g/mol. The van der Waals surface area contributed by atoms with Gasteiger partial charge in [-0.15, -0.1) is 0 Å². The van der Waals surface area contributed by atoms with Gasteiger partial charge in [-0.3, -0.25) is 4.79 Å². The van der Waals surface area contributed by atoms with E-state index in [9.17, 15) is 27.2 Å². The molecule has 3 aromatic rings. The van der Waals surface area contributed by atoms with Crippen LogP contribution >= 0.6 is 11.6 Å². The molecule has 1 N–H and O–H groups in total. The number of halogens is 5. The maximum absolute atomic E-state index is 14.3. The summed E-state index contributed by atoms with van der Waals surface area (Å²) < 4.78 is 60.0. The van der Waals surface area contributed by atoms with E-state index in [2.05, 4.69) is 4.74 Å². The first-order valence-corrected chi connectivity index (χ1v) is 7.17. The molecule has 0 saturated carbocycles. The zero-order chi connectivity index (χ0) is 19.2. The molecule has 0 atom stereocenters. The Hall–Kier alpha value is -3.07. The van der Waals surface area contributed by atoms with Gasteiger partial charge in [-0.25, -0.2) is 22.4 Å². The summed E-state index contributed by atoms with van der Waals surface area (Å²) >= 11 is 5.66. The van der Waals surface area contributed by atoms with Gasteiger partial charge >= 0.3 is 6.16 Å². The lowest BCUT2D eigenvalue weighted by atomic mass is 10.1. The summed E-state index contributed by atoms with van der Waals surface area (Å²) in [5.74, 6) is -6.79. The quantitative estimate of drug-likeness (QED) is 0.405. The molecule has 1 aromatic heterocycles. The van der Waals surface area contributed by atoms with Crippen LogP contribution < -0.4 is 10.2 Å². The van der Waals surface area contributed by atoms with E-state index < -0.39 is 51.5 Å². The maximum atomic E-state index is 14.3. The molecule has 0 radical (unpaired) electrons. The normalized spacial score (nSPS) is 11.0. The second kappa shape index (κ2) is 6.34. The second-order valence-corrected chi connectivity index (χ2v) is 5.45. The molecule has 5 nitrogen and oxygen atoms in total. The Bertz CT molecular complexity index is 1130. The zero-order valence-electron chi connectivity index (χ0n) is 12.4. The lowest BCUT2D eigenvalue weighted by Gasteiger charge is -2.14. The van der Waals surface area contributed by atoms with E-state index in [-0.39, 0.29) is 10.7 Å².